The van der Waals surface area contributed by atoms with Crippen LogP contribution in [0.4, 0.5) is 13.2 Å². The zero-order valence-corrected chi connectivity index (χ0v) is 9.48. The third-order valence-corrected chi connectivity index (χ3v) is 2.51. The maximum Gasteiger partial charge on any atom is 0.416 e. The maximum absolute atomic E-state index is 12.6. The summed E-state index contributed by atoms with van der Waals surface area (Å²) in [6.07, 6.45) is -0.564. The van der Waals surface area contributed by atoms with Crippen molar-refractivity contribution in [2.75, 3.05) is 6.54 Å². The number of aromatic nitrogens is 2. The molecule has 96 valence electrons. The molecule has 0 aliphatic carbocycles. The van der Waals surface area contributed by atoms with Crippen LogP contribution in [0.15, 0.2) is 36.8 Å². The Balaban J connectivity index is 2.32. The van der Waals surface area contributed by atoms with E-state index in [-0.39, 0.29) is 0 Å². The molecule has 0 radical (unpaired) electrons. The van der Waals surface area contributed by atoms with Crippen molar-refractivity contribution in [1.82, 2.24) is 9.55 Å². The van der Waals surface area contributed by atoms with Crippen molar-refractivity contribution in [3.8, 4) is 5.69 Å². The number of nitrogens with two attached hydrogens (primary N) is 1. The molecule has 2 N–H and O–H groups in total. The minimum absolute atomic E-state index is 0.431. The molecule has 2 aromatic rings. The summed E-state index contributed by atoms with van der Waals surface area (Å²) in [5, 5.41) is 0. The third kappa shape index (κ3) is 2.70. The lowest BCUT2D eigenvalue weighted by Crippen LogP contribution is -2.05. The first-order valence-electron chi connectivity index (χ1n) is 5.41. The van der Waals surface area contributed by atoms with Crippen LogP contribution >= 0.6 is 0 Å². The number of rotatable bonds is 3. The van der Waals surface area contributed by atoms with E-state index in [4.69, 9.17) is 5.73 Å². The van der Waals surface area contributed by atoms with Gasteiger partial charge in [0.2, 0.25) is 0 Å². The number of benzene rings is 1. The summed E-state index contributed by atoms with van der Waals surface area (Å²) in [5.74, 6) is 0. The minimum Gasteiger partial charge on any atom is -0.330 e. The molecule has 0 saturated carbocycles. The Morgan fingerprint density at radius 3 is 2.72 bits per heavy atom. The van der Waals surface area contributed by atoms with Gasteiger partial charge in [0.1, 0.15) is 0 Å². The summed E-state index contributed by atoms with van der Waals surface area (Å²) < 4.78 is 39.3. The molecule has 6 heteroatoms. The predicted octanol–water partition coefficient (Wildman–Crippen LogP) is 2.39. The van der Waals surface area contributed by atoms with Crippen molar-refractivity contribution in [1.29, 1.82) is 0 Å². The van der Waals surface area contributed by atoms with Crippen LogP contribution in [0.1, 0.15) is 11.3 Å². The highest BCUT2D eigenvalue weighted by atomic mass is 19.4. The summed E-state index contributed by atoms with van der Waals surface area (Å²) in [5.41, 5.74) is 5.91. The normalized spacial score (nSPS) is 11.8. The zero-order valence-electron chi connectivity index (χ0n) is 9.48. The van der Waals surface area contributed by atoms with Gasteiger partial charge in [-0.05, 0) is 24.7 Å². The molecule has 18 heavy (non-hydrogen) atoms. The molecule has 1 aromatic heterocycles. The molecule has 0 bridgehead atoms. The van der Waals surface area contributed by atoms with Crippen molar-refractivity contribution in [3.63, 3.8) is 0 Å². The van der Waals surface area contributed by atoms with E-state index in [2.05, 4.69) is 4.98 Å². The standard InChI is InChI=1S/C12H12F3N3/c13-12(14,15)9-2-1-3-11(6-9)18-7-10(4-5-16)17-8-18/h1-3,6-8H,4-5,16H2. The molecule has 0 spiro atoms. The first-order valence-corrected chi connectivity index (χ1v) is 5.41. The van der Waals surface area contributed by atoms with E-state index in [1.54, 1.807) is 16.8 Å². The Morgan fingerprint density at radius 2 is 2.06 bits per heavy atom. The van der Waals surface area contributed by atoms with E-state index in [1.165, 1.54) is 12.4 Å². The molecule has 0 unspecified atom stereocenters. The lowest BCUT2D eigenvalue weighted by Gasteiger charge is -2.08. The van der Waals surface area contributed by atoms with Gasteiger partial charge in [-0.25, -0.2) is 4.98 Å². The number of hydrogen-bond acceptors (Lipinski definition) is 2. The van der Waals surface area contributed by atoms with E-state index in [0.29, 0.717) is 18.7 Å². The smallest absolute Gasteiger partial charge is 0.330 e. The molecule has 0 fully saturated rings. The average Bonchev–Trinajstić information content (AvgIpc) is 2.77. The fourth-order valence-electron chi connectivity index (χ4n) is 1.62. The minimum atomic E-state index is -4.34. The molecule has 2 rings (SSSR count). The van der Waals surface area contributed by atoms with Gasteiger partial charge in [0.15, 0.2) is 0 Å². The van der Waals surface area contributed by atoms with Crippen molar-refractivity contribution >= 4 is 0 Å². The van der Waals surface area contributed by atoms with Gasteiger partial charge in [-0.2, -0.15) is 13.2 Å². The van der Waals surface area contributed by atoms with E-state index in [0.717, 1.165) is 17.8 Å². The molecule has 0 amide bonds. The van der Waals surface area contributed by atoms with Crippen LogP contribution in [-0.4, -0.2) is 16.1 Å². The summed E-state index contributed by atoms with van der Waals surface area (Å²) in [6.45, 7) is 0.458. The molecule has 0 aliphatic heterocycles. The molecule has 3 nitrogen and oxygen atoms in total. The predicted molar refractivity (Wildman–Crippen MR) is 61.3 cm³/mol. The van der Waals surface area contributed by atoms with Crippen molar-refractivity contribution in [2.24, 2.45) is 5.73 Å². The van der Waals surface area contributed by atoms with Crippen molar-refractivity contribution < 1.29 is 13.2 Å². The SMILES string of the molecule is NCCc1cn(-c2cccc(C(F)(F)F)c2)cn1. The Bertz CT molecular complexity index is 531. The zero-order chi connectivity index (χ0) is 13.2. The first kappa shape index (κ1) is 12.6. The van der Waals surface area contributed by atoms with Crippen LogP contribution in [0, 0.1) is 0 Å². The molecular formula is C12H12F3N3. The van der Waals surface area contributed by atoms with Crippen LogP contribution in [0.25, 0.3) is 5.69 Å². The van der Waals surface area contributed by atoms with E-state index >= 15 is 0 Å². The summed E-state index contributed by atoms with van der Waals surface area (Å²) >= 11 is 0. The van der Waals surface area contributed by atoms with Gasteiger partial charge < -0.3 is 10.3 Å². The Kier molecular flexibility index (Phi) is 3.38. The van der Waals surface area contributed by atoms with Crippen LogP contribution in [0.5, 0.6) is 0 Å². The molecule has 0 saturated heterocycles. The van der Waals surface area contributed by atoms with Crippen LogP contribution < -0.4 is 5.73 Å². The van der Waals surface area contributed by atoms with E-state index in [1.807, 2.05) is 0 Å². The summed E-state index contributed by atoms with van der Waals surface area (Å²) in [6, 6.07) is 5.11. The van der Waals surface area contributed by atoms with Gasteiger partial charge in [0.25, 0.3) is 0 Å². The largest absolute Gasteiger partial charge is 0.416 e. The molecule has 0 aliphatic rings. The van der Waals surface area contributed by atoms with Crippen LogP contribution in [0.2, 0.25) is 0 Å². The molecule has 1 heterocycles. The number of imidazole rings is 1. The highest BCUT2D eigenvalue weighted by molar-refractivity contribution is 5.37. The summed E-state index contributed by atoms with van der Waals surface area (Å²) in [7, 11) is 0. The van der Waals surface area contributed by atoms with Gasteiger partial charge in [-0.1, -0.05) is 6.07 Å². The van der Waals surface area contributed by atoms with E-state index in [9.17, 15) is 13.2 Å². The monoisotopic (exact) mass is 255 g/mol. The quantitative estimate of drug-likeness (QED) is 0.915. The molecular weight excluding hydrogens is 243 g/mol. The van der Waals surface area contributed by atoms with Gasteiger partial charge >= 0.3 is 6.18 Å². The molecule has 1 aromatic carbocycles. The number of nitrogens with zero attached hydrogens (tertiary/aromatic N) is 2. The maximum atomic E-state index is 12.6. The summed E-state index contributed by atoms with van der Waals surface area (Å²) in [4.78, 5) is 4.08. The van der Waals surface area contributed by atoms with Crippen molar-refractivity contribution in [2.45, 2.75) is 12.6 Å². The number of alkyl halides is 3. The second-order valence-electron chi connectivity index (χ2n) is 3.86. The lowest BCUT2D eigenvalue weighted by molar-refractivity contribution is -0.137. The van der Waals surface area contributed by atoms with Crippen LogP contribution in [-0.2, 0) is 12.6 Å². The van der Waals surface area contributed by atoms with Crippen LogP contribution in [0.3, 0.4) is 0 Å². The lowest BCUT2D eigenvalue weighted by atomic mass is 10.2. The number of hydrogen-bond donors (Lipinski definition) is 1. The highest BCUT2D eigenvalue weighted by Crippen LogP contribution is 2.30. The second-order valence-corrected chi connectivity index (χ2v) is 3.86. The Labute approximate surface area is 102 Å². The Hall–Kier alpha value is -1.82. The molecule has 0 atom stereocenters. The van der Waals surface area contributed by atoms with Gasteiger partial charge in [0.05, 0.1) is 17.6 Å². The van der Waals surface area contributed by atoms with E-state index < -0.39 is 11.7 Å². The second kappa shape index (κ2) is 4.81. The highest BCUT2D eigenvalue weighted by Gasteiger charge is 2.30. The third-order valence-electron chi connectivity index (χ3n) is 2.51. The Morgan fingerprint density at radius 1 is 1.28 bits per heavy atom. The number of halogens is 3. The van der Waals surface area contributed by atoms with Crippen molar-refractivity contribution in [3.05, 3.63) is 48.0 Å². The van der Waals surface area contributed by atoms with Gasteiger partial charge in [-0.3, -0.25) is 0 Å². The fraction of sp³-hybridized carbons (Fsp3) is 0.250. The first-order chi connectivity index (χ1) is 8.50. The average molecular weight is 255 g/mol. The topological polar surface area (TPSA) is 43.8 Å². The fourth-order valence-corrected chi connectivity index (χ4v) is 1.62. The van der Waals surface area contributed by atoms with Gasteiger partial charge in [0, 0.05) is 18.3 Å². The van der Waals surface area contributed by atoms with Gasteiger partial charge in [-0.15, -0.1) is 0 Å².